The van der Waals surface area contributed by atoms with E-state index >= 15 is 0 Å². The summed E-state index contributed by atoms with van der Waals surface area (Å²) in [4.78, 5) is 15.0. The fourth-order valence-electron chi connectivity index (χ4n) is 2.08. The number of aliphatic hydroxyl groups is 1. The zero-order chi connectivity index (χ0) is 14.9. The first-order valence-corrected chi connectivity index (χ1v) is 6.63. The molecule has 0 aliphatic heterocycles. The minimum atomic E-state index is -0.328. The van der Waals surface area contributed by atoms with Crippen molar-refractivity contribution < 1.29 is 14.3 Å². The molecule has 2 aromatic rings. The van der Waals surface area contributed by atoms with E-state index in [4.69, 9.17) is 5.11 Å². The van der Waals surface area contributed by atoms with Crippen molar-refractivity contribution >= 4 is 16.8 Å². The lowest BCUT2D eigenvalue weighted by molar-refractivity contribution is 0.0912. The highest BCUT2D eigenvalue weighted by atomic mass is 19.1. The van der Waals surface area contributed by atoms with E-state index in [0.717, 1.165) is 10.9 Å². The molecule has 0 spiro atoms. The number of benzene rings is 1. The van der Waals surface area contributed by atoms with E-state index in [0.29, 0.717) is 11.2 Å². The average molecular weight is 278 g/mol. The molecule has 0 saturated carbocycles. The van der Waals surface area contributed by atoms with E-state index in [1.54, 1.807) is 13.0 Å². The van der Waals surface area contributed by atoms with Gasteiger partial charge in [0.25, 0.3) is 5.91 Å². The van der Waals surface area contributed by atoms with Crippen molar-refractivity contribution in [1.29, 1.82) is 0 Å². The molecule has 0 bridgehead atoms. The second kappa shape index (κ2) is 5.63. The molecule has 0 saturated heterocycles. The van der Waals surface area contributed by atoms with E-state index in [1.165, 1.54) is 12.1 Å². The minimum Gasteiger partial charge on any atom is -0.396 e. The van der Waals surface area contributed by atoms with Crippen LogP contribution in [0, 0.1) is 18.7 Å². The van der Waals surface area contributed by atoms with Crippen LogP contribution >= 0.6 is 0 Å². The number of aromatic nitrogens is 1. The maximum absolute atomic E-state index is 13.3. The van der Waals surface area contributed by atoms with Gasteiger partial charge in [0, 0.05) is 23.6 Å². The highest BCUT2D eigenvalue weighted by Gasteiger charge is 2.17. The average Bonchev–Trinajstić information content (AvgIpc) is 2.81. The quantitative estimate of drug-likeness (QED) is 0.804. The van der Waals surface area contributed by atoms with Gasteiger partial charge in [-0.1, -0.05) is 6.92 Å². The predicted octanol–water partition coefficient (Wildman–Crippen LogP) is 2.36. The molecule has 1 heterocycles. The molecule has 4 nitrogen and oxygen atoms in total. The van der Waals surface area contributed by atoms with Crippen LogP contribution in [0.4, 0.5) is 4.39 Å². The van der Waals surface area contributed by atoms with Gasteiger partial charge in [0.2, 0.25) is 0 Å². The Kier molecular flexibility index (Phi) is 4.09. The maximum Gasteiger partial charge on any atom is 0.267 e. The number of fused-ring (bicyclic) bond motifs is 1. The number of hydrogen-bond acceptors (Lipinski definition) is 2. The van der Waals surface area contributed by atoms with Crippen molar-refractivity contribution in [2.24, 2.45) is 5.92 Å². The normalized spacial score (nSPS) is 14.2. The predicted molar refractivity (Wildman–Crippen MR) is 76.2 cm³/mol. The fraction of sp³-hybridized carbons (Fsp3) is 0.400. The Labute approximate surface area is 117 Å². The molecule has 2 atom stereocenters. The number of amides is 1. The first-order valence-electron chi connectivity index (χ1n) is 6.63. The lowest BCUT2D eigenvalue weighted by Crippen LogP contribution is -2.38. The first kappa shape index (κ1) is 14.5. The van der Waals surface area contributed by atoms with Gasteiger partial charge in [-0.15, -0.1) is 0 Å². The third-order valence-electron chi connectivity index (χ3n) is 3.65. The highest BCUT2D eigenvalue weighted by Crippen LogP contribution is 2.21. The lowest BCUT2D eigenvalue weighted by Gasteiger charge is -2.18. The van der Waals surface area contributed by atoms with Gasteiger partial charge in [-0.2, -0.15) is 0 Å². The monoisotopic (exact) mass is 278 g/mol. The number of aryl methyl sites for hydroxylation is 1. The summed E-state index contributed by atoms with van der Waals surface area (Å²) in [6.07, 6.45) is 0. The molecule has 1 aromatic heterocycles. The number of aromatic amines is 1. The SMILES string of the molecule is Cc1cc(F)cc2[nH]c(C(=O)NC(C)C(C)CO)cc12. The van der Waals surface area contributed by atoms with Gasteiger partial charge in [-0.3, -0.25) is 4.79 Å². The number of H-pyrrole nitrogens is 1. The number of carbonyl (C=O) groups excluding carboxylic acids is 1. The van der Waals surface area contributed by atoms with Gasteiger partial charge in [-0.25, -0.2) is 4.39 Å². The molecule has 0 fully saturated rings. The van der Waals surface area contributed by atoms with E-state index in [9.17, 15) is 9.18 Å². The van der Waals surface area contributed by atoms with Crippen LogP contribution in [-0.4, -0.2) is 28.6 Å². The molecule has 2 rings (SSSR count). The topological polar surface area (TPSA) is 65.1 Å². The summed E-state index contributed by atoms with van der Waals surface area (Å²) in [5, 5.41) is 12.7. The van der Waals surface area contributed by atoms with Crippen molar-refractivity contribution in [3.63, 3.8) is 0 Å². The van der Waals surface area contributed by atoms with Gasteiger partial charge in [0.1, 0.15) is 11.5 Å². The highest BCUT2D eigenvalue weighted by molar-refractivity contribution is 5.98. The number of hydrogen-bond donors (Lipinski definition) is 3. The summed E-state index contributed by atoms with van der Waals surface area (Å²) in [6, 6.07) is 4.39. The molecule has 0 aliphatic rings. The largest absolute Gasteiger partial charge is 0.396 e. The van der Waals surface area contributed by atoms with E-state index < -0.39 is 0 Å². The summed E-state index contributed by atoms with van der Waals surface area (Å²) in [5.74, 6) is -0.609. The second-order valence-corrected chi connectivity index (χ2v) is 5.29. The van der Waals surface area contributed by atoms with Gasteiger partial charge in [0.15, 0.2) is 0 Å². The van der Waals surface area contributed by atoms with Crippen LogP contribution < -0.4 is 5.32 Å². The standard InChI is InChI=1S/C15H19FN2O2/c1-8-4-11(16)5-13-12(8)6-14(18-13)15(20)17-10(3)9(2)7-19/h4-6,9-10,18-19H,7H2,1-3H3,(H,17,20). The summed E-state index contributed by atoms with van der Waals surface area (Å²) in [7, 11) is 0. The Morgan fingerprint density at radius 1 is 1.40 bits per heavy atom. The molecule has 0 aliphatic carbocycles. The Hall–Kier alpha value is -1.88. The van der Waals surface area contributed by atoms with Crippen LogP contribution in [0.15, 0.2) is 18.2 Å². The molecule has 1 amide bonds. The molecular weight excluding hydrogens is 259 g/mol. The molecule has 20 heavy (non-hydrogen) atoms. The Morgan fingerprint density at radius 3 is 2.75 bits per heavy atom. The van der Waals surface area contributed by atoms with Crippen molar-refractivity contribution in [2.75, 3.05) is 6.61 Å². The molecule has 1 aromatic carbocycles. The third-order valence-corrected chi connectivity index (χ3v) is 3.65. The second-order valence-electron chi connectivity index (χ2n) is 5.29. The van der Waals surface area contributed by atoms with Crippen molar-refractivity contribution in [3.8, 4) is 0 Å². The molecule has 5 heteroatoms. The summed E-state index contributed by atoms with van der Waals surface area (Å²) < 4.78 is 13.3. The Bertz CT molecular complexity index is 636. The lowest BCUT2D eigenvalue weighted by atomic mass is 10.1. The molecular formula is C15H19FN2O2. The molecule has 108 valence electrons. The minimum absolute atomic E-state index is 0.0124. The number of nitrogens with one attached hydrogen (secondary N) is 2. The van der Waals surface area contributed by atoms with Crippen LogP contribution in [0.25, 0.3) is 10.9 Å². The van der Waals surface area contributed by atoms with Crippen molar-refractivity contribution in [2.45, 2.75) is 26.8 Å². The fourth-order valence-corrected chi connectivity index (χ4v) is 2.08. The third kappa shape index (κ3) is 2.82. The van der Waals surface area contributed by atoms with Crippen molar-refractivity contribution in [3.05, 3.63) is 35.3 Å². The Morgan fingerprint density at radius 2 is 2.10 bits per heavy atom. The molecule has 0 radical (unpaired) electrons. The smallest absolute Gasteiger partial charge is 0.267 e. The summed E-state index contributed by atoms with van der Waals surface area (Å²) in [6.45, 7) is 5.51. The van der Waals surface area contributed by atoms with Gasteiger partial charge in [-0.05, 0) is 43.5 Å². The van der Waals surface area contributed by atoms with E-state index in [-0.39, 0.29) is 30.3 Å². The van der Waals surface area contributed by atoms with Crippen molar-refractivity contribution in [1.82, 2.24) is 10.3 Å². The van der Waals surface area contributed by atoms with Gasteiger partial charge < -0.3 is 15.4 Å². The van der Waals surface area contributed by atoms with Crippen LogP contribution in [0.1, 0.15) is 29.9 Å². The molecule has 2 unspecified atom stereocenters. The number of aliphatic hydroxyl groups excluding tert-OH is 1. The van der Waals surface area contributed by atoms with Gasteiger partial charge in [0.05, 0.1) is 0 Å². The number of carbonyl (C=O) groups is 1. The van der Waals surface area contributed by atoms with E-state index in [1.807, 2.05) is 13.8 Å². The summed E-state index contributed by atoms with van der Waals surface area (Å²) in [5.41, 5.74) is 1.79. The van der Waals surface area contributed by atoms with Crippen LogP contribution in [0.3, 0.4) is 0 Å². The van der Waals surface area contributed by atoms with E-state index in [2.05, 4.69) is 10.3 Å². The Balaban J connectivity index is 2.25. The number of halogens is 1. The van der Waals surface area contributed by atoms with Crippen LogP contribution in [0.2, 0.25) is 0 Å². The van der Waals surface area contributed by atoms with Crippen LogP contribution in [-0.2, 0) is 0 Å². The maximum atomic E-state index is 13.3. The number of rotatable bonds is 4. The zero-order valence-corrected chi connectivity index (χ0v) is 11.8. The molecule has 3 N–H and O–H groups in total. The van der Waals surface area contributed by atoms with Crippen LogP contribution in [0.5, 0.6) is 0 Å². The first-order chi connectivity index (χ1) is 9.42. The zero-order valence-electron chi connectivity index (χ0n) is 11.8. The van der Waals surface area contributed by atoms with Gasteiger partial charge >= 0.3 is 0 Å². The summed E-state index contributed by atoms with van der Waals surface area (Å²) >= 11 is 0.